The number of nitrogens with zero attached hydrogens (tertiary/aromatic N) is 1. The molecule has 32 heavy (non-hydrogen) atoms. The van der Waals surface area contributed by atoms with E-state index >= 15 is 0 Å². The van der Waals surface area contributed by atoms with Crippen molar-refractivity contribution >= 4 is 27.3 Å². The molecule has 6 nitrogen and oxygen atoms in total. The lowest BCUT2D eigenvalue weighted by Gasteiger charge is -2.25. The lowest BCUT2D eigenvalue weighted by Crippen LogP contribution is -2.38. The van der Waals surface area contributed by atoms with E-state index in [-0.39, 0.29) is 12.5 Å². The summed E-state index contributed by atoms with van der Waals surface area (Å²) in [6.45, 7) is 4.11. The summed E-state index contributed by atoms with van der Waals surface area (Å²) in [4.78, 5) is 12.7. The van der Waals surface area contributed by atoms with E-state index < -0.39 is 15.9 Å². The van der Waals surface area contributed by atoms with Crippen LogP contribution < -0.4 is 14.4 Å². The van der Waals surface area contributed by atoms with Gasteiger partial charge in [0.2, 0.25) is 15.9 Å². The van der Waals surface area contributed by atoms with Crippen LogP contribution in [0.25, 0.3) is 0 Å². The Labute approximate surface area is 189 Å². The van der Waals surface area contributed by atoms with Gasteiger partial charge in [-0.1, -0.05) is 62.4 Å². The number of carbonyl (C=O) groups is 1. The topological polar surface area (TPSA) is 75.7 Å². The number of hydrogen-bond donors (Lipinski definition) is 1. The predicted molar refractivity (Wildman–Crippen MR) is 129 cm³/mol. The fourth-order valence-electron chi connectivity index (χ4n) is 3.29. The van der Waals surface area contributed by atoms with E-state index in [4.69, 9.17) is 4.74 Å². The Hall–Kier alpha value is -3.32. The lowest BCUT2D eigenvalue weighted by atomic mass is 10.0. The van der Waals surface area contributed by atoms with Crippen LogP contribution in [0.4, 0.5) is 11.4 Å². The molecule has 0 bridgehead atoms. The van der Waals surface area contributed by atoms with Gasteiger partial charge in [-0.2, -0.15) is 0 Å². The zero-order valence-electron chi connectivity index (χ0n) is 18.5. The Morgan fingerprint density at radius 1 is 0.938 bits per heavy atom. The molecule has 0 aromatic heterocycles. The summed E-state index contributed by atoms with van der Waals surface area (Å²) in [5, 5.41) is 2.76. The third kappa shape index (κ3) is 6.34. The van der Waals surface area contributed by atoms with Gasteiger partial charge in [0.1, 0.15) is 18.9 Å². The number of nitrogens with one attached hydrogen (secondary N) is 1. The fourth-order valence-corrected chi connectivity index (χ4v) is 4.17. The van der Waals surface area contributed by atoms with Gasteiger partial charge in [-0.25, -0.2) is 8.42 Å². The van der Waals surface area contributed by atoms with E-state index in [1.807, 2.05) is 56.3 Å². The van der Waals surface area contributed by atoms with Crippen molar-refractivity contribution in [2.75, 3.05) is 22.4 Å². The van der Waals surface area contributed by atoms with Gasteiger partial charge in [0.15, 0.2) is 0 Å². The van der Waals surface area contributed by atoms with Gasteiger partial charge in [0.25, 0.3) is 0 Å². The van der Waals surface area contributed by atoms with Crippen molar-refractivity contribution in [3.05, 3.63) is 90.0 Å². The third-order valence-electron chi connectivity index (χ3n) is 4.90. The van der Waals surface area contributed by atoms with Gasteiger partial charge in [-0.15, -0.1) is 0 Å². The van der Waals surface area contributed by atoms with Gasteiger partial charge in [-0.3, -0.25) is 9.10 Å². The van der Waals surface area contributed by atoms with Crippen LogP contribution in [-0.2, 0) is 21.4 Å². The Morgan fingerprint density at radius 2 is 1.56 bits per heavy atom. The molecule has 0 heterocycles. The maximum atomic E-state index is 12.7. The number of ether oxygens (including phenoxy) is 1. The lowest BCUT2D eigenvalue weighted by molar-refractivity contribution is -0.114. The Morgan fingerprint density at radius 3 is 2.19 bits per heavy atom. The standard InChI is InChI=1S/C25H28N2O4S/c1-19(2)23-11-7-8-12-24(23)27(32(3,29)30)17-25(28)26-21-13-15-22(16-14-21)31-18-20-9-5-4-6-10-20/h4-16,19H,17-18H2,1-3H3,(H,26,28). The van der Waals surface area contributed by atoms with E-state index in [2.05, 4.69) is 5.32 Å². The summed E-state index contributed by atoms with van der Waals surface area (Å²) < 4.78 is 31.8. The minimum atomic E-state index is -3.65. The van der Waals surface area contributed by atoms with Crippen molar-refractivity contribution in [2.45, 2.75) is 26.4 Å². The summed E-state index contributed by atoms with van der Waals surface area (Å²) in [6, 6.07) is 24.1. The Balaban J connectivity index is 1.66. The Kier molecular flexibility index (Phi) is 7.53. The quantitative estimate of drug-likeness (QED) is 0.506. The molecule has 1 N–H and O–H groups in total. The van der Waals surface area contributed by atoms with Crippen LogP contribution in [0.2, 0.25) is 0 Å². The number of rotatable bonds is 9. The van der Waals surface area contributed by atoms with E-state index in [1.54, 1.807) is 36.4 Å². The molecular formula is C25H28N2O4S. The van der Waals surface area contributed by atoms with Crippen molar-refractivity contribution < 1.29 is 17.9 Å². The smallest absolute Gasteiger partial charge is 0.245 e. The van der Waals surface area contributed by atoms with E-state index in [1.165, 1.54) is 0 Å². The van der Waals surface area contributed by atoms with Gasteiger partial charge in [0.05, 0.1) is 11.9 Å². The molecule has 0 unspecified atom stereocenters. The second-order valence-electron chi connectivity index (χ2n) is 7.83. The van der Waals surface area contributed by atoms with Gasteiger partial charge < -0.3 is 10.1 Å². The second kappa shape index (κ2) is 10.3. The molecule has 0 spiro atoms. The van der Waals surface area contributed by atoms with Crippen molar-refractivity contribution in [3.8, 4) is 5.75 Å². The summed E-state index contributed by atoms with van der Waals surface area (Å²) in [5.74, 6) is 0.365. The molecule has 7 heteroatoms. The molecule has 0 aliphatic rings. The highest BCUT2D eigenvalue weighted by Gasteiger charge is 2.24. The number of para-hydroxylation sites is 1. The average molecular weight is 453 g/mol. The number of amides is 1. The number of hydrogen-bond acceptors (Lipinski definition) is 4. The first-order chi connectivity index (χ1) is 15.2. The minimum absolute atomic E-state index is 0.113. The summed E-state index contributed by atoms with van der Waals surface area (Å²) in [5.41, 5.74) is 3.01. The predicted octanol–water partition coefficient (Wildman–Crippen LogP) is 4.79. The first-order valence-corrected chi connectivity index (χ1v) is 12.2. The summed E-state index contributed by atoms with van der Waals surface area (Å²) in [6.07, 6.45) is 1.11. The molecular weight excluding hydrogens is 424 g/mol. The minimum Gasteiger partial charge on any atom is -0.489 e. The van der Waals surface area contributed by atoms with Crippen LogP contribution >= 0.6 is 0 Å². The molecule has 0 fully saturated rings. The zero-order chi connectivity index (χ0) is 23.1. The molecule has 3 rings (SSSR count). The van der Waals surface area contributed by atoms with Crippen LogP contribution in [-0.4, -0.2) is 27.1 Å². The highest BCUT2D eigenvalue weighted by molar-refractivity contribution is 7.92. The van der Waals surface area contributed by atoms with Gasteiger partial charge >= 0.3 is 0 Å². The molecule has 0 aliphatic heterocycles. The highest BCUT2D eigenvalue weighted by atomic mass is 32.2. The number of anilines is 2. The Bertz CT molecular complexity index is 1140. The zero-order valence-corrected chi connectivity index (χ0v) is 19.3. The molecule has 0 aliphatic carbocycles. The van der Waals surface area contributed by atoms with Crippen LogP contribution in [0.3, 0.4) is 0 Å². The normalized spacial score (nSPS) is 11.2. The van der Waals surface area contributed by atoms with Crippen molar-refractivity contribution in [2.24, 2.45) is 0 Å². The molecule has 3 aromatic carbocycles. The maximum absolute atomic E-state index is 12.7. The van der Waals surface area contributed by atoms with Crippen molar-refractivity contribution in [1.82, 2.24) is 0 Å². The summed E-state index contributed by atoms with van der Waals surface area (Å²) >= 11 is 0. The number of sulfonamides is 1. The summed E-state index contributed by atoms with van der Waals surface area (Å²) in [7, 11) is -3.65. The van der Waals surface area contributed by atoms with Crippen molar-refractivity contribution in [1.29, 1.82) is 0 Å². The molecule has 0 saturated heterocycles. The second-order valence-corrected chi connectivity index (χ2v) is 9.74. The monoisotopic (exact) mass is 452 g/mol. The number of benzene rings is 3. The highest BCUT2D eigenvalue weighted by Crippen LogP contribution is 2.29. The first kappa shape index (κ1) is 23.3. The molecule has 0 radical (unpaired) electrons. The molecule has 0 saturated carbocycles. The maximum Gasteiger partial charge on any atom is 0.245 e. The molecule has 1 amide bonds. The first-order valence-electron chi connectivity index (χ1n) is 10.4. The SMILES string of the molecule is CC(C)c1ccccc1N(CC(=O)Nc1ccc(OCc2ccccc2)cc1)S(C)(=O)=O. The van der Waals surface area contributed by atoms with Gasteiger partial charge in [0, 0.05) is 5.69 Å². The molecule has 0 atom stereocenters. The average Bonchev–Trinajstić information content (AvgIpc) is 2.77. The largest absolute Gasteiger partial charge is 0.489 e. The fraction of sp³-hybridized carbons (Fsp3) is 0.240. The third-order valence-corrected chi connectivity index (χ3v) is 6.03. The van der Waals surface area contributed by atoms with Crippen LogP contribution in [0.1, 0.15) is 30.9 Å². The van der Waals surface area contributed by atoms with E-state index in [0.717, 1.165) is 21.7 Å². The van der Waals surface area contributed by atoms with Gasteiger partial charge in [-0.05, 0) is 47.4 Å². The molecule has 168 valence electrons. The van der Waals surface area contributed by atoms with Crippen LogP contribution in [0, 0.1) is 0 Å². The number of carbonyl (C=O) groups excluding carboxylic acids is 1. The van der Waals surface area contributed by atoms with Crippen LogP contribution in [0.15, 0.2) is 78.9 Å². The van der Waals surface area contributed by atoms with E-state index in [0.29, 0.717) is 23.7 Å². The van der Waals surface area contributed by atoms with E-state index in [9.17, 15) is 13.2 Å². The molecule has 3 aromatic rings. The van der Waals surface area contributed by atoms with Crippen molar-refractivity contribution in [3.63, 3.8) is 0 Å². The van der Waals surface area contributed by atoms with Crippen LogP contribution in [0.5, 0.6) is 5.75 Å².